The maximum atomic E-state index is 11.7. The average Bonchev–Trinajstić information content (AvgIpc) is 2.27. The molecule has 1 fully saturated rings. The van der Waals surface area contributed by atoms with Crippen molar-refractivity contribution >= 4 is 18.3 Å². The van der Waals surface area contributed by atoms with Crippen LogP contribution in [0, 0.1) is 5.92 Å². The predicted octanol–water partition coefficient (Wildman–Crippen LogP) is 2.41. The van der Waals surface area contributed by atoms with Crippen LogP contribution in [-0.2, 0) is 4.79 Å². The zero-order chi connectivity index (χ0) is 12.1. The van der Waals surface area contributed by atoms with E-state index in [0.717, 1.165) is 0 Å². The van der Waals surface area contributed by atoms with E-state index in [-0.39, 0.29) is 24.4 Å². The Morgan fingerprint density at radius 3 is 2.50 bits per heavy atom. The third kappa shape index (κ3) is 3.72. The first-order valence-corrected chi connectivity index (χ1v) is 6.35. The molecule has 18 heavy (non-hydrogen) atoms. The van der Waals surface area contributed by atoms with E-state index in [1.807, 2.05) is 18.2 Å². The van der Waals surface area contributed by atoms with Gasteiger partial charge in [0.15, 0.2) is 0 Å². The van der Waals surface area contributed by atoms with Crippen LogP contribution in [0.4, 0.5) is 0 Å². The maximum absolute atomic E-state index is 11.7. The molecular formula is C14H21ClN2O. The van der Waals surface area contributed by atoms with Gasteiger partial charge < -0.3 is 11.1 Å². The number of carbonyl (C=O) groups is 1. The van der Waals surface area contributed by atoms with Crippen molar-refractivity contribution < 1.29 is 4.79 Å². The van der Waals surface area contributed by atoms with E-state index in [1.165, 1.54) is 24.8 Å². The molecule has 0 aliphatic heterocycles. The van der Waals surface area contributed by atoms with Crippen molar-refractivity contribution in [1.82, 2.24) is 5.32 Å². The topological polar surface area (TPSA) is 55.1 Å². The predicted molar refractivity (Wildman–Crippen MR) is 75.6 cm³/mol. The molecule has 0 radical (unpaired) electrons. The number of carbonyl (C=O) groups excluding carboxylic acids is 1. The fraction of sp³-hybridized carbons (Fsp3) is 0.500. The van der Waals surface area contributed by atoms with Crippen molar-refractivity contribution in [3.05, 3.63) is 35.9 Å². The van der Waals surface area contributed by atoms with Gasteiger partial charge in [-0.05, 0) is 24.3 Å². The molecule has 0 heterocycles. The van der Waals surface area contributed by atoms with Gasteiger partial charge in [-0.2, -0.15) is 0 Å². The molecule has 1 saturated carbocycles. The quantitative estimate of drug-likeness (QED) is 0.862. The second-order valence-electron chi connectivity index (χ2n) is 4.69. The molecule has 0 saturated heterocycles. The number of hydrogen-bond donors (Lipinski definition) is 2. The summed E-state index contributed by atoms with van der Waals surface area (Å²) in [6.07, 6.45) is 4.11. The zero-order valence-corrected chi connectivity index (χ0v) is 11.3. The molecule has 1 aliphatic rings. The second kappa shape index (κ2) is 7.39. The van der Waals surface area contributed by atoms with Gasteiger partial charge in [-0.1, -0.05) is 36.8 Å². The fourth-order valence-electron chi connectivity index (χ4n) is 2.28. The van der Waals surface area contributed by atoms with Crippen LogP contribution in [0.25, 0.3) is 0 Å². The summed E-state index contributed by atoms with van der Waals surface area (Å²) < 4.78 is 0. The first kappa shape index (κ1) is 15.0. The molecule has 2 rings (SSSR count). The molecule has 1 unspecified atom stereocenters. The number of halogens is 1. The van der Waals surface area contributed by atoms with E-state index in [4.69, 9.17) is 5.73 Å². The molecule has 3 nitrogen and oxygen atoms in total. The van der Waals surface area contributed by atoms with Crippen molar-refractivity contribution in [2.45, 2.75) is 31.7 Å². The number of amides is 1. The zero-order valence-electron chi connectivity index (χ0n) is 10.5. The van der Waals surface area contributed by atoms with Crippen LogP contribution in [-0.4, -0.2) is 12.5 Å². The lowest BCUT2D eigenvalue weighted by molar-refractivity contribution is -0.122. The Bertz CT molecular complexity index is 365. The lowest BCUT2D eigenvalue weighted by Gasteiger charge is -2.34. The number of nitrogens with one attached hydrogen (secondary N) is 1. The Morgan fingerprint density at radius 2 is 2.00 bits per heavy atom. The first-order valence-electron chi connectivity index (χ1n) is 6.35. The Balaban J connectivity index is 0.00000162. The Morgan fingerprint density at radius 1 is 1.33 bits per heavy atom. The second-order valence-corrected chi connectivity index (χ2v) is 4.69. The van der Waals surface area contributed by atoms with Crippen molar-refractivity contribution in [2.75, 3.05) is 6.54 Å². The number of hydrogen-bond acceptors (Lipinski definition) is 2. The van der Waals surface area contributed by atoms with Crippen molar-refractivity contribution in [3.8, 4) is 0 Å². The highest BCUT2D eigenvalue weighted by atomic mass is 35.5. The number of benzene rings is 1. The van der Waals surface area contributed by atoms with Gasteiger partial charge in [-0.3, -0.25) is 4.79 Å². The van der Waals surface area contributed by atoms with Gasteiger partial charge in [0.1, 0.15) is 0 Å². The lowest BCUT2D eigenvalue weighted by Crippen LogP contribution is -2.36. The summed E-state index contributed by atoms with van der Waals surface area (Å²) >= 11 is 0. The van der Waals surface area contributed by atoms with Gasteiger partial charge >= 0.3 is 0 Å². The third-order valence-corrected chi connectivity index (χ3v) is 3.47. The molecule has 1 aliphatic carbocycles. The van der Waals surface area contributed by atoms with Gasteiger partial charge in [0, 0.05) is 13.0 Å². The largest absolute Gasteiger partial charge is 0.349 e. The van der Waals surface area contributed by atoms with Crippen LogP contribution in [0.3, 0.4) is 0 Å². The van der Waals surface area contributed by atoms with E-state index < -0.39 is 0 Å². The highest BCUT2D eigenvalue weighted by Gasteiger charge is 2.29. The minimum Gasteiger partial charge on any atom is -0.349 e. The highest BCUT2D eigenvalue weighted by molar-refractivity contribution is 5.85. The Hall–Kier alpha value is -1.06. The molecule has 100 valence electrons. The molecule has 1 atom stereocenters. The van der Waals surface area contributed by atoms with Crippen molar-refractivity contribution in [3.63, 3.8) is 0 Å². The summed E-state index contributed by atoms with van der Waals surface area (Å²) in [6.45, 7) is 0.415. The van der Waals surface area contributed by atoms with Gasteiger partial charge in [0.2, 0.25) is 5.91 Å². The Labute approximate surface area is 115 Å². The minimum absolute atomic E-state index is 0. The van der Waals surface area contributed by atoms with Crippen molar-refractivity contribution in [2.24, 2.45) is 11.7 Å². The summed E-state index contributed by atoms with van der Waals surface area (Å²) in [5.41, 5.74) is 6.62. The third-order valence-electron chi connectivity index (χ3n) is 3.47. The van der Waals surface area contributed by atoms with E-state index in [0.29, 0.717) is 18.9 Å². The molecule has 0 aromatic heterocycles. The molecule has 3 N–H and O–H groups in total. The van der Waals surface area contributed by atoms with Crippen LogP contribution in [0.1, 0.15) is 37.3 Å². The average molecular weight is 269 g/mol. The molecule has 0 spiro atoms. The summed E-state index contributed by atoms with van der Waals surface area (Å²) in [7, 11) is 0. The summed E-state index contributed by atoms with van der Waals surface area (Å²) in [4.78, 5) is 11.7. The molecular weight excluding hydrogens is 248 g/mol. The van der Waals surface area contributed by atoms with Crippen LogP contribution in [0.15, 0.2) is 30.3 Å². The molecule has 1 aromatic rings. The molecule has 0 bridgehead atoms. The fourth-order valence-corrected chi connectivity index (χ4v) is 2.28. The van der Waals surface area contributed by atoms with Crippen LogP contribution < -0.4 is 11.1 Å². The summed E-state index contributed by atoms with van der Waals surface area (Å²) in [5.74, 6) is 0.660. The summed E-state index contributed by atoms with van der Waals surface area (Å²) in [5, 5.41) is 3.12. The molecule has 4 heteroatoms. The summed E-state index contributed by atoms with van der Waals surface area (Å²) in [6, 6.07) is 10.4. The number of nitrogens with two attached hydrogens (primary N) is 1. The van der Waals surface area contributed by atoms with Gasteiger partial charge in [0.25, 0.3) is 0 Å². The molecule has 1 aromatic carbocycles. The van der Waals surface area contributed by atoms with E-state index >= 15 is 0 Å². The SMILES string of the molecule is Cl.NCCC(=O)NC(c1ccccc1)C1CCC1. The monoisotopic (exact) mass is 268 g/mol. The number of rotatable bonds is 5. The first-order chi connectivity index (χ1) is 8.31. The lowest BCUT2D eigenvalue weighted by atomic mass is 9.77. The highest BCUT2D eigenvalue weighted by Crippen LogP contribution is 2.37. The van der Waals surface area contributed by atoms with Crippen LogP contribution >= 0.6 is 12.4 Å². The van der Waals surface area contributed by atoms with Crippen LogP contribution in [0.2, 0.25) is 0 Å². The smallest absolute Gasteiger partial charge is 0.221 e. The Kier molecular flexibility index (Phi) is 6.16. The minimum atomic E-state index is 0. The van der Waals surface area contributed by atoms with Gasteiger partial charge in [0.05, 0.1) is 6.04 Å². The maximum Gasteiger partial charge on any atom is 0.221 e. The normalized spacial score (nSPS) is 16.3. The standard InChI is InChI=1S/C14H20N2O.ClH/c15-10-9-13(17)16-14(12-7-4-8-12)11-5-2-1-3-6-11;/h1-3,5-6,12,14H,4,7-10,15H2,(H,16,17);1H. The van der Waals surface area contributed by atoms with Gasteiger partial charge in [-0.25, -0.2) is 0 Å². The van der Waals surface area contributed by atoms with E-state index in [9.17, 15) is 4.79 Å². The molecule has 1 amide bonds. The van der Waals surface area contributed by atoms with E-state index in [2.05, 4.69) is 17.4 Å². The van der Waals surface area contributed by atoms with Crippen LogP contribution in [0.5, 0.6) is 0 Å². The van der Waals surface area contributed by atoms with Gasteiger partial charge in [-0.15, -0.1) is 12.4 Å². The van der Waals surface area contributed by atoms with E-state index in [1.54, 1.807) is 0 Å². The van der Waals surface area contributed by atoms with Crippen molar-refractivity contribution in [1.29, 1.82) is 0 Å².